The summed E-state index contributed by atoms with van der Waals surface area (Å²) in [6.07, 6.45) is 2.54. The summed E-state index contributed by atoms with van der Waals surface area (Å²) >= 11 is 0.642. The van der Waals surface area contributed by atoms with Crippen LogP contribution in [0.4, 0.5) is 13.2 Å². The van der Waals surface area contributed by atoms with Crippen molar-refractivity contribution in [2.24, 2.45) is 0 Å². The van der Waals surface area contributed by atoms with E-state index in [1.54, 1.807) is 12.4 Å². The van der Waals surface area contributed by atoms with Gasteiger partial charge in [-0.15, -0.1) is 11.3 Å². The molecule has 106 valence electrons. The molecule has 7 heteroatoms. The normalized spacial score (nSPS) is 15.6. The fraction of sp³-hybridized carbons (Fsp3) is 0.385. The molecule has 0 radical (unpaired) electrons. The van der Waals surface area contributed by atoms with Gasteiger partial charge in [-0.25, -0.2) is 4.98 Å². The average molecular weight is 299 g/mol. The van der Waals surface area contributed by atoms with Gasteiger partial charge < -0.3 is 5.32 Å². The lowest BCUT2D eigenvalue weighted by Gasteiger charge is -2.04. The maximum Gasteiger partial charge on any atom is 0.443 e. The third-order valence-electron chi connectivity index (χ3n) is 3.00. The Balaban J connectivity index is 1.78. The quantitative estimate of drug-likeness (QED) is 0.939. The number of rotatable bonds is 4. The minimum absolute atomic E-state index is 0.484. The number of nitrogens with one attached hydrogen (secondary N) is 1. The van der Waals surface area contributed by atoms with Gasteiger partial charge in [0, 0.05) is 36.7 Å². The van der Waals surface area contributed by atoms with E-state index in [0.717, 1.165) is 5.56 Å². The van der Waals surface area contributed by atoms with Crippen LogP contribution in [0.15, 0.2) is 24.7 Å². The first-order chi connectivity index (χ1) is 9.52. The zero-order valence-corrected chi connectivity index (χ0v) is 11.3. The maximum atomic E-state index is 12.5. The molecule has 1 aliphatic rings. The number of hydrogen-bond donors (Lipinski definition) is 1. The molecule has 0 spiro atoms. The number of nitrogens with zero attached hydrogens (tertiary/aromatic N) is 2. The number of thiazole rings is 1. The van der Waals surface area contributed by atoms with Crippen LogP contribution in [0.3, 0.4) is 0 Å². The van der Waals surface area contributed by atoms with Gasteiger partial charge in [-0.1, -0.05) is 0 Å². The molecular formula is C13H12F3N3S. The summed E-state index contributed by atoms with van der Waals surface area (Å²) in [5.41, 5.74) is 1.64. The topological polar surface area (TPSA) is 37.8 Å². The van der Waals surface area contributed by atoms with Gasteiger partial charge in [-0.3, -0.25) is 4.98 Å². The number of alkyl halides is 3. The monoisotopic (exact) mass is 299 g/mol. The molecule has 1 N–H and O–H groups in total. The first-order valence-electron chi connectivity index (χ1n) is 6.23. The molecule has 0 atom stereocenters. The summed E-state index contributed by atoms with van der Waals surface area (Å²) in [7, 11) is 0. The predicted octanol–water partition coefficient (Wildman–Crippen LogP) is 3.48. The number of pyridine rings is 1. The van der Waals surface area contributed by atoms with Crippen molar-refractivity contribution >= 4 is 11.3 Å². The Morgan fingerprint density at radius 1 is 1.25 bits per heavy atom. The third-order valence-corrected chi connectivity index (χ3v) is 4.09. The van der Waals surface area contributed by atoms with Crippen LogP contribution in [-0.2, 0) is 12.7 Å². The molecule has 1 saturated carbocycles. The summed E-state index contributed by atoms with van der Waals surface area (Å²) in [5.74, 6) is 0. The van der Waals surface area contributed by atoms with E-state index in [1.165, 1.54) is 19.0 Å². The predicted molar refractivity (Wildman–Crippen MR) is 70.2 cm³/mol. The minimum atomic E-state index is -4.39. The second kappa shape index (κ2) is 5.14. The lowest BCUT2D eigenvalue weighted by Crippen LogP contribution is -2.15. The van der Waals surface area contributed by atoms with Crippen LogP contribution in [-0.4, -0.2) is 16.0 Å². The van der Waals surface area contributed by atoms with Gasteiger partial charge in [0.2, 0.25) is 0 Å². The molecule has 0 unspecified atom stereocenters. The lowest BCUT2D eigenvalue weighted by molar-refractivity contribution is -0.137. The van der Waals surface area contributed by atoms with Crippen molar-refractivity contribution in [3.8, 4) is 10.4 Å². The summed E-state index contributed by atoms with van der Waals surface area (Å²) < 4.78 is 37.6. The summed E-state index contributed by atoms with van der Waals surface area (Å²) in [6.45, 7) is 0.691. The SMILES string of the molecule is FC(F)(F)c1ncc(-c2cncc(CNC3CC3)c2)s1. The van der Waals surface area contributed by atoms with Crippen LogP contribution < -0.4 is 5.32 Å². The molecule has 3 rings (SSSR count). The Hall–Kier alpha value is -1.47. The van der Waals surface area contributed by atoms with Crippen molar-refractivity contribution in [3.05, 3.63) is 35.2 Å². The van der Waals surface area contributed by atoms with Gasteiger partial charge in [0.05, 0.1) is 4.88 Å². The molecule has 1 fully saturated rings. The van der Waals surface area contributed by atoms with Crippen molar-refractivity contribution in [2.75, 3.05) is 0 Å². The average Bonchev–Trinajstić information content (AvgIpc) is 3.09. The van der Waals surface area contributed by atoms with Gasteiger partial charge >= 0.3 is 6.18 Å². The molecule has 0 aliphatic heterocycles. The highest BCUT2D eigenvalue weighted by molar-refractivity contribution is 7.15. The molecule has 2 aromatic rings. The van der Waals surface area contributed by atoms with E-state index in [1.807, 2.05) is 6.07 Å². The molecule has 3 nitrogen and oxygen atoms in total. The Morgan fingerprint density at radius 3 is 2.70 bits per heavy atom. The first kappa shape index (κ1) is 13.5. The first-order valence-corrected chi connectivity index (χ1v) is 7.05. The number of halogens is 3. The van der Waals surface area contributed by atoms with Crippen LogP contribution in [0.5, 0.6) is 0 Å². The van der Waals surface area contributed by atoms with Crippen molar-refractivity contribution in [1.29, 1.82) is 0 Å². The molecule has 0 bridgehead atoms. The Bertz CT molecular complexity index is 605. The van der Waals surface area contributed by atoms with Gasteiger partial charge in [0.25, 0.3) is 0 Å². The van der Waals surface area contributed by atoms with Crippen molar-refractivity contribution in [3.63, 3.8) is 0 Å². The van der Waals surface area contributed by atoms with Crippen molar-refractivity contribution < 1.29 is 13.2 Å². The van der Waals surface area contributed by atoms with E-state index in [-0.39, 0.29) is 0 Å². The second-order valence-corrected chi connectivity index (χ2v) is 5.80. The van der Waals surface area contributed by atoms with Crippen molar-refractivity contribution in [1.82, 2.24) is 15.3 Å². The smallest absolute Gasteiger partial charge is 0.310 e. The van der Waals surface area contributed by atoms with Gasteiger partial charge in [0.1, 0.15) is 0 Å². The standard InChI is InChI=1S/C13H12F3N3S/c14-13(15,16)12-19-7-11(20-12)9-3-8(4-17-6-9)5-18-10-1-2-10/h3-4,6-7,10,18H,1-2,5H2. The molecule has 2 aromatic heterocycles. The highest BCUT2D eigenvalue weighted by Crippen LogP contribution is 2.36. The fourth-order valence-corrected chi connectivity index (χ4v) is 2.57. The molecule has 1 aliphatic carbocycles. The summed E-state index contributed by atoms with van der Waals surface area (Å²) in [4.78, 5) is 8.00. The van der Waals surface area contributed by atoms with E-state index in [2.05, 4.69) is 15.3 Å². The van der Waals surface area contributed by atoms with Crippen LogP contribution in [0.1, 0.15) is 23.4 Å². The Morgan fingerprint density at radius 2 is 2.05 bits per heavy atom. The summed E-state index contributed by atoms with van der Waals surface area (Å²) in [6, 6.07) is 2.44. The molecule has 2 heterocycles. The molecule has 20 heavy (non-hydrogen) atoms. The largest absolute Gasteiger partial charge is 0.443 e. The number of hydrogen-bond acceptors (Lipinski definition) is 4. The zero-order valence-electron chi connectivity index (χ0n) is 10.4. The van der Waals surface area contributed by atoms with E-state index in [0.29, 0.717) is 34.4 Å². The van der Waals surface area contributed by atoms with Crippen LogP contribution >= 0.6 is 11.3 Å². The van der Waals surface area contributed by atoms with E-state index in [4.69, 9.17) is 0 Å². The zero-order chi connectivity index (χ0) is 14.2. The Kier molecular flexibility index (Phi) is 3.47. The lowest BCUT2D eigenvalue weighted by atomic mass is 10.2. The summed E-state index contributed by atoms with van der Waals surface area (Å²) in [5, 5.41) is 2.52. The Labute approximate surface area is 117 Å². The molecular weight excluding hydrogens is 287 g/mol. The maximum absolute atomic E-state index is 12.5. The van der Waals surface area contributed by atoms with Gasteiger partial charge in [-0.05, 0) is 24.5 Å². The highest BCUT2D eigenvalue weighted by atomic mass is 32.1. The van der Waals surface area contributed by atoms with E-state index >= 15 is 0 Å². The third kappa shape index (κ3) is 3.16. The minimum Gasteiger partial charge on any atom is -0.310 e. The van der Waals surface area contributed by atoms with E-state index < -0.39 is 11.2 Å². The second-order valence-electron chi connectivity index (χ2n) is 4.76. The molecule has 0 amide bonds. The van der Waals surface area contributed by atoms with Crippen molar-refractivity contribution in [2.45, 2.75) is 31.6 Å². The number of aromatic nitrogens is 2. The van der Waals surface area contributed by atoms with Gasteiger partial charge in [0.15, 0.2) is 5.01 Å². The molecule has 0 saturated heterocycles. The molecule has 0 aromatic carbocycles. The fourth-order valence-electron chi connectivity index (χ4n) is 1.81. The van der Waals surface area contributed by atoms with Crippen LogP contribution in [0.25, 0.3) is 10.4 Å². The van der Waals surface area contributed by atoms with Gasteiger partial charge in [-0.2, -0.15) is 13.2 Å². The van der Waals surface area contributed by atoms with E-state index in [9.17, 15) is 13.2 Å². The highest BCUT2D eigenvalue weighted by Gasteiger charge is 2.34. The van der Waals surface area contributed by atoms with Crippen LogP contribution in [0.2, 0.25) is 0 Å². The van der Waals surface area contributed by atoms with Crippen LogP contribution in [0, 0.1) is 0 Å².